The minimum Gasteiger partial charge on any atom is -0.380 e. The Morgan fingerprint density at radius 2 is 1.84 bits per heavy atom. The van der Waals surface area contributed by atoms with Crippen molar-refractivity contribution in [3.63, 3.8) is 0 Å². The Kier molecular flexibility index (Phi) is 8.72. The number of allylic oxidation sites excluding steroid dienone is 3. The summed E-state index contributed by atoms with van der Waals surface area (Å²) in [6, 6.07) is 13.5. The zero-order valence-corrected chi connectivity index (χ0v) is 22.6. The van der Waals surface area contributed by atoms with Gasteiger partial charge in [-0.2, -0.15) is 0 Å². The molecule has 0 amide bonds. The predicted octanol–water partition coefficient (Wildman–Crippen LogP) is 8.89. The number of hydrogen-bond acceptors (Lipinski definition) is 5. The first-order chi connectivity index (χ1) is 17.8. The number of benzene rings is 2. The minimum absolute atomic E-state index is 0.219. The van der Waals surface area contributed by atoms with Crippen molar-refractivity contribution in [2.24, 2.45) is 10.9 Å². The fourth-order valence-electron chi connectivity index (χ4n) is 4.20. The number of nitrogens with zero attached hydrogens (tertiary/aromatic N) is 2. The van der Waals surface area contributed by atoms with Gasteiger partial charge in [0.15, 0.2) is 0 Å². The number of aliphatic imine (C=N–C) groups is 1. The van der Waals surface area contributed by atoms with Crippen LogP contribution in [-0.2, 0) is 0 Å². The summed E-state index contributed by atoms with van der Waals surface area (Å²) in [6.07, 6.45) is 10.00. The molecule has 1 aromatic heterocycles. The molecule has 0 spiro atoms. The molecule has 0 saturated carbocycles. The fourth-order valence-corrected chi connectivity index (χ4v) is 4.72. The van der Waals surface area contributed by atoms with Gasteiger partial charge in [-0.15, -0.1) is 0 Å². The Hall–Kier alpha value is -3.51. The second kappa shape index (κ2) is 12.2. The van der Waals surface area contributed by atoms with E-state index in [0.717, 1.165) is 58.7 Å². The predicted molar refractivity (Wildman–Crippen MR) is 158 cm³/mol. The molecule has 1 heterocycles. The minimum atomic E-state index is -0.219. The van der Waals surface area contributed by atoms with E-state index in [1.807, 2.05) is 24.5 Å². The van der Waals surface area contributed by atoms with Crippen LogP contribution in [-0.4, -0.2) is 23.3 Å². The van der Waals surface area contributed by atoms with Crippen LogP contribution in [0.2, 0.25) is 0 Å². The lowest BCUT2D eigenvalue weighted by Crippen LogP contribution is -2.07. The second-order valence-corrected chi connectivity index (χ2v) is 10.7. The highest BCUT2D eigenvalue weighted by molar-refractivity contribution is 8.15. The van der Waals surface area contributed by atoms with Crippen molar-refractivity contribution in [2.45, 2.75) is 40.5 Å². The molecule has 4 nitrogen and oxygen atoms in total. The van der Waals surface area contributed by atoms with Gasteiger partial charge in [0.2, 0.25) is 0 Å². The van der Waals surface area contributed by atoms with Gasteiger partial charge in [0.1, 0.15) is 5.82 Å². The summed E-state index contributed by atoms with van der Waals surface area (Å²) in [7, 11) is 0. The van der Waals surface area contributed by atoms with Gasteiger partial charge in [0.25, 0.3) is 0 Å². The Bertz CT molecular complexity index is 1390. The van der Waals surface area contributed by atoms with Crippen molar-refractivity contribution in [2.75, 3.05) is 11.9 Å². The molecule has 0 radical (unpaired) electrons. The first-order valence-electron chi connectivity index (χ1n) is 12.5. The Morgan fingerprint density at radius 1 is 1.05 bits per heavy atom. The van der Waals surface area contributed by atoms with E-state index in [9.17, 15) is 4.39 Å². The molecule has 2 N–H and O–H groups in total. The van der Waals surface area contributed by atoms with Gasteiger partial charge in [-0.05, 0) is 90.6 Å². The zero-order valence-electron chi connectivity index (χ0n) is 21.8. The van der Waals surface area contributed by atoms with Crippen LogP contribution in [0.25, 0.3) is 22.4 Å². The van der Waals surface area contributed by atoms with Gasteiger partial charge in [-0.3, -0.25) is 9.98 Å². The van der Waals surface area contributed by atoms with Gasteiger partial charge in [-0.25, -0.2) is 4.39 Å². The van der Waals surface area contributed by atoms with Crippen LogP contribution in [0, 0.1) is 31.0 Å². The summed E-state index contributed by atoms with van der Waals surface area (Å²) in [5, 5.41) is 10.8. The quantitative estimate of drug-likeness (QED) is 0.222. The molecule has 1 aliphatic rings. The van der Waals surface area contributed by atoms with Crippen LogP contribution in [0.5, 0.6) is 0 Å². The third kappa shape index (κ3) is 6.83. The number of halogens is 1. The summed E-state index contributed by atoms with van der Waals surface area (Å²) in [6.45, 7) is 8.81. The highest BCUT2D eigenvalue weighted by Crippen LogP contribution is 2.35. The monoisotopic (exact) mass is 512 g/mol. The molecule has 0 unspecified atom stereocenters. The lowest BCUT2D eigenvalue weighted by molar-refractivity contribution is 0.619. The maximum absolute atomic E-state index is 14.0. The van der Waals surface area contributed by atoms with E-state index in [1.54, 1.807) is 13.0 Å². The van der Waals surface area contributed by atoms with E-state index in [4.69, 9.17) is 10.4 Å². The fraction of sp³-hybridized carbons (Fsp3) is 0.258. The molecule has 0 bridgehead atoms. The number of hydrogen-bond donors (Lipinski definition) is 2. The molecule has 2 aromatic carbocycles. The number of pyridine rings is 1. The van der Waals surface area contributed by atoms with Crippen molar-refractivity contribution in [1.82, 2.24) is 4.98 Å². The highest BCUT2D eigenvalue weighted by Gasteiger charge is 2.14. The number of thioether (sulfide) groups is 1. The van der Waals surface area contributed by atoms with Crippen LogP contribution < -0.4 is 5.32 Å². The third-order valence-corrected chi connectivity index (χ3v) is 7.03. The molecule has 1 aliphatic carbocycles. The summed E-state index contributed by atoms with van der Waals surface area (Å²) >= 11 is 1.47. The van der Waals surface area contributed by atoms with E-state index in [2.05, 4.69) is 61.4 Å². The van der Waals surface area contributed by atoms with Crippen molar-refractivity contribution in [3.05, 3.63) is 88.2 Å². The second-order valence-electron chi connectivity index (χ2n) is 9.65. The largest absolute Gasteiger partial charge is 0.380 e. The molecule has 0 atom stereocenters. The summed E-state index contributed by atoms with van der Waals surface area (Å²) in [5.74, 6) is 0.166. The topological polar surface area (TPSA) is 61.1 Å². The standard InChI is InChI=1S/C31H33FN4S/c1-20(2)16-35-30-12-8-24(14-22(30)4)28-15-26(34-17-23-5-9-27(10-6-23)37-19-33)18-36-31(28)25-7-11-29(32)21(3)13-25/h5,7-9,11-16,18-20,33-34H,6,10,17H2,1-4H3. The van der Waals surface area contributed by atoms with E-state index in [-0.39, 0.29) is 5.82 Å². The smallest absolute Gasteiger partial charge is 0.126 e. The van der Waals surface area contributed by atoms with Crippen LogP contribution in [0.1, 0.15) is 37.8 Å². The molecular weight excluding hydrogens is 479 g/mol. The van der Waals surface area contributed by atoms with E-state index in [1.165, 1.54) is 33.9 Å². The van der Waals surface area contributed by atoms with Crippen molar-refractivity contribution in [1.29, 1.82) is 5.41 Å². The van der Waals surface area contributed by atoms with Crippen LogP contribution >= 0.6 is 11.8 Å². The number of aryl methyl sites for hydroxylation is 2. The molecule has 190 valence electrons. The van der Waals surface area contributed by atoms with Gasteiger partial charge >= 0.3 is 0 Å². The first kappa shape index (κ1) is 26.6. The van der Waals surface area contributed by atoms with Gasteiger partial charge in [0.05, 0.1) is 28.8 Å². The molecule has 3 aromatic rings. The van der Waals surface area contributed by atoms with Gasteiger partial charge in [-0.1, -0.05) is 49.4 Å². The summed E-state index contributed by atoms with van der Waals surface area (Å²) in [5.41, 5.74) is 10.0. The van der Waals surface area contributed by atoms with Crippen molar-refractivity contribution in [3.8, 4) is 22.4 Å². The number of aromatic nitrogens is 1. The van der Waals surface area contributed by atoms with Gasteiger partial charge < -0.3 is 10.7 Å². The third-order valence-electron chi connectivity index (χ3n) is 6.27. The Morgan fingerprint density at radius 3 is 2.51 bits per heavy atom. The molecule has 0 fully saturated rings. The number of rotatable bonds is 9. The highest BCUT2D eigenvalue weighted by atomic mass is 32.2. The maximum atomic E-state index is 14.0. The average molecular weight is 513 g/mol. The van der Waals surface area contributed by atoms with E-state index < -0.39 is 0 Å². The SMILES string of the molecule is Cc1cc(-c2ncc(NCC3=CC=C(SC=N)CC3)cc2-c2ccc(N=CC(C)C)c(C)c2)ccc1F. The molecular formula is C31H33FN4S. The molecule has 0 saturated heterocycles. The van der Waals surface area contributed by atoms with Crippen molar-refractivity contribution >= 4 is 34.9 Å². The molecule has 0 aliphatic heterocycles. The van der Waals surface area contributed by atoms with Crippen LogP contribution in [0.15, 0.2) is 76.3 Å². The number of anilines is 1. The Labute approximate surface area is 223 Å². The molecule has 6 heteroatoms. The first-order valence-corrected chi connectivity index (χ1v) is 13.4. The lowest BCUT2D eigenvalue weighted by Gasteiger charge is -2.17. The van der Waals surface area contributed by atoms with E-state index in [0.29, 0.717) is 11.5 Å². The summed E-state index contributed by atoms with van der Waals surface area (Å²) in [4.78, 5) is 10.7. The van der Waals surface area contributed by atoms with Crippen LogP contribution in [0.4, 0.5) is 15.8 Å². The van der Waals surface area contributed by atoms with Crippen molar-refractivity contribution < 1.29 is 4.39 Å². The number of nitrogens with one attached hydrogen (secondary N) is 2. The molecule has 4 rings (SSSR count). The lowest BCUT2D eigenvalue weighted by atomic mass is 9.96. The zero-order chi connectivity index (χ0) is 26.4. The molecule has 37 heavy (non-hydrogen) atoms. The van der Waals surface area contributed by atoms with Crippen LogP contribution in [0.3, 0.4) is 0 Å². The van der Waals surface area contributed by atoms with E-state index >= 15 is 0 Å². The Balaban J connectivity index is 1.68. The average Bonchev–Trinajstić information content (AvgIpc) is 2.89. The summed E-state index contributed by atoms with van der Waals surface area (Å²) < 4.78 is 14.0. The maximum Gasteiger partial charge on any atom is 0.126 e. The van der Waals surface area contributed by atoms with Gasteiger partial charge in [0, 0.05) is 23.9 Å². The normalized spacial score (nSPS) is 13.6.